The molecule has 2 saturated carbocycles. The molecule has 5 fully saturated rings. The molecule has 3 aliphatic carbocycles. The van der Waals surface area contributed by atoms with Crippen molar-refractivity contribution in [3.63, 3.8) is 0 Å². The molecular weight excluding hydrogens is 591 g/mol. The van der Waals surface area contributed by atoms with E-state index in [0.717, 1.165) is 23.3 Å². The first kappa shape index (κ1) is 27.9. The van der Waals surface area contributed by atoms with Crippen LogP contribution < -0.4 is 5.32 Å². The number of nitrogens with one attached hydrogen (secondary N) is 1. The largest absolute Gasteiger partial charge is 0.458 e. The lowest BCUT2D eigenvalue weighted by molar-refractivity contribution is -0.137. The minimum absolute atomic E-state index is 0.0211. The van der Waals surface area contributed by atoms with Crippen molar-refractivity contribution in [2.24, 2.45) is 17.3 Å². The van der Waals surface area contributed by atoms with Gasteiger partial charge in [0.05, 0.1) is 22.9 Å². The van der Waals surface area contributed by atoms with Crippen LogP contribution in [0.25, 0.3) is 0 Å². The number of fused-ring (bicyclic) bond motifs is 4. The average Bonchev–Trinajstić information content (AvgIpc) is 3.91. The molecule has 3 saturated heterocycles. The van der Waals surface area contributed by atoms with Crippen LogP contribution in [0.1, 0.15) is 56.0 Å². The summed E-state index contributed by atoms with van der Waals surface area (Å²) in [5.74, 6) is -0.842. The number of hydrogen-bond donors (Lipinski definition) is 1. The zero-order valence-electron chi connectivity index (χ0n) is 24.9. The van der Waals surface area contributed by atoms with Crippen LogP contribution >= 0.6 is 0 Å². The van der Waals surface area contributed by atoms with Gasteiger partial charge in [-0.2, -0.15) is 13.2 Å². The van der Waals surface area contributed by atoms with E-state index in [1.807, 2.05) is 13.8 Å². The lowest BCUT2D eigenvalue weighted by atomic mass is 9.46. The normalized spacial score (nSPS) is 41.5. The SMILES string of the molecule is CC(C)C12OC1C1OC13C1(C)CCC4=C(COC4=O)C1CC1OC13C2OC(=O)c1ccccc1Nc1cccc(C(F)(F)F)c1. The summed E-state index contributed by atoms with van der Waals surface area (Å²) in [6.45, 7) is 6.58. The third-order valence-corrected chi connectivity index (χ3v) is 11.9. The molecule has 4 aliphatic heterocycles. The summed E-state index contributed by atoms with van der Waals surface area (Å²) in [7, 11) is 0. The van der Waals surface area contributed by atoms with E-state index in [4.69, 9.17) is 23.7 Å². The van der Waals surface area contributed by atoms with Crippen molar-refractivity contribution in [2.75, 3.05) is 11.9 Å². The lowest BCUT2D eigenvalue weighted by Crippen LogP contribution is -2.70. The van der Waals surface area contributed by atoms with Crippen LogP contribution in [0.15, 0.2) is 59.7 Å². The lowest BCUT2D eigenvalue weighted by Gasteiger charge is -2.53. The predicted octanol–water partition coefficient (Wildman–Crippen LogP) is 5.73. The van der Waals surface area contributed by atoms with E-state index >= 15 is 0 Å². The number of cyclic esters (lactones) is 1. The molecule has 8 nitrogen and oxygen atoms in total. The fourth-order valence-corrected chi connectivity index (χ4v) is 9.71. The number of para-hydroxylation sites is 1. The van der Waals surface area contributed by atoms with E-state index in [9.17, 15) is 22.8 Å². The highest BCUT2D eigenvalue weighted by Crippen LogP contribution is 2.83. The molecule has 2 spiro atoms. The Morgan fingerprint density at radius 2 is 1.87 bits per heavy atom. The number of esters is 2. The maximum absolute atomic E-state index is 14.1. The summed E-state index contributed by atoms with van der Waals surface area (Å²) in [6, 6.07) is 11.4. The fourth-order valence-electron chi connectivity index (χ4n) is 9.71. The highest BCUT2D eigenvalue weighted by molar-refractivity contribution is 5.97. The standard InChI is InChI=1S/C34H32F3NO7/c1-16(2)31-25(44-31)26-33(45-26)30(3)12-11-19-21(15-41-27(19)39)22(30)14-24-32(33,43-24)29(31)42-28(40)20-9-4-5-10-23(20)38-18-8-6-7-17(13-18)34(35,36)37/h4-10,13,16,22,24-26,29,38H,11-12,14-15H2,1-3H3. The van der Waals surface area contributed by atoms with Crippen LogP contribution in [0, 0.1) is 17.3 Å². The van der Waals surface area contributed by atoms with E-state index in [2.05, 4.69) is 12.2 Å². The number of rotatable bonds is 5. The molecule has 2 aromatic rings. The Hall–Kier alpha value is -3.41. The van der Waals surface area contributed by atoms with Crippen LogP contribution in [0.5, 0.6) is 0 Å². The van der Waals surface area contributed by atoms with Gasteiger partial charge in [0, 0.05) is 16.7 Å². The van der Waals surface area contributed by atoms with Gasteiger partial charge in [0.15, 0.2) is 11.7 Å². The summed E-state index contributed by atoms with van der Waals surface area (Å²) >= 11 is 0. The van der Waals surface area contributed by atoms with E-state index in [0.29, 0.717) is 31.6 Å². The van der Waals surface area contributed by atoms with Gasteiger partial charge >= 0.3 is 18.1 Å². The fraction of sp³-hybridized carbons (Fsp3) is 0.529. The predicted molar refractivity (Wildman–Crippen MR) is 151 cm³/mol. The smallest absolute Gasteiger partial charge is 0.416 e. The van der Waals surface area contributed by atoms with Gasteiger partial charge in [-0.1, -0.05) is 39.0 Å². The molecule has 0 radical (unpaired) electrons. The maximum Gasteiger partial charge on any atom is 0.416 e. The van der Waals surface area contributed by atoms with E-state index < -0.39 is 40.6 Å². The van der Waals surface area contributed by atoms with Gasteiger partial charge in [-0.15, -0.1) is 0 Å². The number of hydrogen-bond acceptors (Lipinski definition) is 8. The van der Waals surface area contributed by atoms with Gasteiger partial charge in [0.2, 0.25) is 0 Å². The molecule has 45 heavy (non-hydrogen) atoms. The van der Waals surface area contributed by atoms with Gasteiger partial charge in [-0.25, -0.2) is 9.59 Å². The van der Waals surface area contributed by atoms with Crippen LogP contribution in [-0.2, 0) is 34.7 Å². The number of epoxide rings is 3. The Morgan fingerprint density at radius 1 is 1.07 bits per heavy atom. The van der Waals surface area contributed by atoms with Gasteiger partial charge in [0.25, 0.3) is 0 Å². The summed E-state index contributed by atoms with van der Waals surface area (Å²) in [5.41, 5.74) is -1.14. The van der Waals surface area contributed by atoms with Crippen molar-refractivity contribution >= 4 is 23.3 Å². The molecular formula is C34H32F3NO7. The number of ether oxygens (including phenoxy) is 5. The Kier molecular flexibility index (Phi) is 5.25. The zero-order chi connectivity index (χ0) is 31.3. The monoisotopic (exact) mass is 623 g/mol. The van der Waals surface area contributed by atoms with Crippen molar-refractivity contribution in [3.05, 3.63) is 70.8 Å². The number of halogens is 3. The van der Waals surface area contributed by atoms with Crippen LogP contribution in [0.3, 0.4) is 0 Å². The number of carbonyl (C=O) groups is 2. The number of carbonyl (C=O) groups excluding carboxylic acids is 2. The first-order valence-corrected chi connectivity index (χ1v) is 15.6. The Balaban J connectivity index is 1.07. The molecule has 9 unspecified atom stereocenters. The molecule has 9 rings (SSSR count). The number of benzene rings is 2. The second kappa shape index (κ2) is 8.49. The highest BCUT2D eigenvalue weighted by Gasteiger charge is 3.01. The third kappa shape index (κ3) is 3.29. The van der Waals surface area contributed by atoms with Crippen molar-refractivity contribution < 1.29 is 46.4 Å². The topological polar surface area (TPSA) is 102 Å². The first-order chi connectivity index (χ1) is 21.4. The van der Waals surface area contributed by atoms with Crippen molar-refractivity contribution in [2.45, 2.75) is 87.4 Å². The molecule has 9 atom stereocenters. The Bertz CT molecular complexity index is 1720. The minimum Gasteiger partial charge on any atom is -0.458 e. The van der Waals surface area contributed by atoms with Crippen LogP contribution in [0.2, 0.25) is 0 Å². The zero-order valence-corrected chi connectivity index (χ0v) is 24.9. The molecule has 0 amide bonds. The molecule has 0 aromatic heterocycles. The van der Waals surface area contributed by atoms with E-state index in [1.165, 1.54) is 12.1 Å². The summed E-state index contributed by atoms with van der Waals surface area (Å²) in [6.07, 6.45) is -4.08. The van der Waals surface area contributed by atoms with Crippen molar-refractivity contribution in [3.8, 4) is 0 Å². The third-order valence-electron chi connectivity index (χ3n) is 11.9. The second-order valence-electron chi connectivity index (χ2n) is 14.0. The minimum atomic E-state index is -4.51. The molecule has 2 aromatic carbocycles. The van der Waals surface area contributed by atoms with Gasteiger partial charge in [-0.3, -0.25) is 0 Å². The van der Waals surface area contributed by atoms with Gasteiger partial charge in [-0.05, 0) is 67.0 Å². The summed E-state index contributed by atoms with van der Waals surface area (Å²) in [4.78, 5) is 26.6. The highest BCUT2D eigenvalue weighted by atomic mass is 19.4. The van der Waals surface area contributed by atoms with E-state index in [1.54, 1.807) is 24.3 Å². The van der Waals surface area contributed by atoms with E-state index in [-0.39, 0.29) is 52.8 Å². The molecule has 1 N–H and O–H groups in total. The quantitative estimate of drug-likeness (QED) is 0.333. The summed E-state index contributed by atoms with van der Waals surface area (Å²) < 4.78 is 72.1. The molecule has 11 heteroatoms. The van der Waals surface area contributed by atoms with Crippen LogP contribution in [-0.4, -0.2) is 59.8 Å². The maximum atomic E-state index is 14.1. The van der Waals surface area contributed by atoms with Gasteiger partial charge in [0.1, 0.15) is 30.0 Å². The number of anilines is 2. The number of alkyl halides is 3. The Morgan fingerprint density at radius 3 is 2.64 bits per heavy atom. The molecule has 0 bridgehead atoms. The van der Waals surface area contributed by atoms with Gasteiger partial charge < -0.3 is 29.0 Å². The van der Waals surface area contributed by atoms with Crippen molar-refractivity contribution in [1.82, 2.24) is 0 Å². The van der Waals surface area contributed by atoms with Crippen LogP contribution in [0.4, 0.5) is 24.5 Å². The molecule has 236 valence electrons. The van der Waals surface area contributed by atoms with Crippen molar-refractivity contribution in [1.29, 1.82) is 0 Å². The summed E-state index contributed by atoms with van der Waals surface area (Å²) in [5, 5.41) is 2.98. The molecule has 7 aliphatic rings. The molecule has 4 heterocycles. The second-order valence-corrected chi connectivity index (χ2v) is 14.0. The first-order valence-electron chi connectivity index (χ1n) is 15.6. The average molecular weight is 624 g/mol. The Labute approximate surface area is 257 Å².